The van der Waals surface area contributed by atoms with Crippen molar-refractivity contribution in [3.8, 4) is 11.5 Å². The number of carbonyl (C=O) groups is 1. The third-order valence-corrected chi connectivity index (χ3v) is 4.89. The first-order valence-corrected chi connectivity index (χ1v) is 9.31. The molecule has 1 fully saturated rings. The molecule has 0 aliphatic carbocycles. The number of nitrogens with one attached hydrogen (secondary N) is 1. The van der Waals surface area contributed by atoms with E-state index in [9.17, 15) is 4.79 Å². The summed E-state index contributed by atoms with van der Waals surface area (Å²) >= 11 is 0. The molecule has 3 rings (SSSR count). The maximum absolute atomic E-state index is 12.4. The van der Waals surface area contributed by atoms with Gasteiger partial charge in [-0.05, 0) is 48.6 Å². The molecule has 1 amide bonds. The molecule has 0 bridgehead atoms. The molecule has 1 saturated heterocycles. The molecule has 27 heavy (non-hydrogen) atoms. The van der Waals surface area contributed by atoms with Crippen LogP contribution in [0.25, 0.3) is 0 Å². The molecule has 1 aliphatic heterocycles. The number of anilines is 1. The zero-order valence-electron chi connectivity index (χ0n) is 16.2. The summed E-state index contributed by atoms with van der Waals surface area (Å²) in [6, 6.07) is 9.36. The molecule has 0 spiro atoms. The number of hydrogen-bond acceptors (Lipinski definition) is 5. The van der Waals surface area contributed by atoms with E-state index in [1.54, 1.807) is 20.4 Å². The number of nitrogens with zero attached hydrogens (tertiary/aromatic N) is 2. The van der Waals surface area contributed by atoms with Crippen LogP contribution in [0.4, 0.5) is 5.82 Å². The summed E-state index contributed by atoms with van der Waals surface area (Å²) < 4.78 is 10.5. The van der Waals surface area contributed by atoms with Gasteiger partial charge in [0.1, 0.15) is 5.82 Å². The van der Waals surface area contributed by atoms with Crippen molar-refractivity contribution in [2.75, 3.05) is 32.2 Å². The van der Waals surface area contributed by atoms with Crippen LogP contribution in [-0.4, -0.2) is 38.2 Å². The lowest BCUT2D eigenvalue weighted by atomic mass is 10.0. The number of rotatable bonds is 6. The van der Waals surface area contributed by atoms with Crippen LogP contribution in [-0.2, 0) is 6.54 Å². The Hall–Kier alpha value is -2.76. The average molecular weight is 369 g/mol. The minimum Gasteiger partial charge on any atom is -0.493 e. The molecule has 1 aliphatic rings. The highest BCUT2D eigenvalue weighted by molar-refractivity contribution is 5.94. The average Bonchev–Trinajstić information content (AvgIpc) is 2.71. The molecule has 6 heteroatoms. The van der Waals surface area contributed by atoms with Crippen LogP contribution >= 0.6 is 0 Å². The van der Waals surface area contributed by atoms with Gasteiger partial charge in [-0.2, -0.15) is 0 Å². The molecule has 0 radical (unpaired) electrons. The number of aromatic nitrogens is 1. The van der Waals surface area contributed by atoms with Crippen LogP contribution in [0.5, 0.6) is 11.5 Å². The maximum Gasteiger partial charge on any atom is 0.253 e. The fraction of sp³-hybridized carbons (Fsp3) is 0.429. The molecule has 1 aromatic heterocycles. The maximum atomic E-state index is 12.4. The van der Waals surface area contributed by atoms with Crippen LogP contribution in [0.3, 0.4) is 0 Å². The number of hydrogen-bond donors (Lipinski definition) is 1. The summed E-state index contributed by atoms with van der Waals surface area (Å²) in [7, 11) is 3.19. The number of piperidine rings is 1. The predicted octanol–water partition coefficient (Wildman–Crippen LogP) is 3.27. The second kappa shape index (κ2) is 8.75. The first kappa shape index (κ1) is 19.0. The van der Waals surface area contributed by atoms with Crippen molar-refractivity contribution >= 4 is 11.7 Å². The van der Waals surface area contributed by atoms with Gasteiger partial charge in [-0.25, -0.2) is 4.98 Å². The van der Waals surface area contributed by atoms with E-state index in [2.05, 4.69) is 22.1 Å². The number of methoxy groups -OCH3 is 2. The smallest absolute Gasteiger partial charge is 0.253 e. The van der Waals surface area contributed by atoms with Crippen LogP contribution in [0.15, 0.2) is 36.5 Å². The van der Waals surface area contributed by atoms with Gasteiger partial charge < -0.3 is 19.7 Å². The molecule has 1 unspecified atom stereocenters. The SMILES string of the molecule is COc1ccc(CNC(=O)c2ccc(N3CCCC(C)C3)nc2)cc1OC. The lowest BCUT2D eigenvalue weighted by molar-refractivity contribution is 0.0950. The van der Waals surface area contributed by atoms with Crippen LogP contribution in [0, 0.1) is 5.92 Å². The molecule has 6 nitrogen and oxygen atoms in total. The monoisotopic (exact) mass is 369 g/mol. The van der Waals surface area contributed by atoms with Gasteiger partial charge in [0, 0.05) is 25.8 Å². The van der Waals surface area contributed by atoms with Gasteiger partial charge in [0.25, 0.3) is 5.91 Å². The summed E-state index contributed by atoms with van der Waals surface area (Å²) in [6.07, 6.45) is 4.11. The van der Waals surface area contributed by atoms with E-state index < -0.39 is 0 Å². The van der Waals surface area contributed by atoms with E-state index in [-0.39, 0.29) is 5.91 Å². The topological polar surface area (TPSA) is 63.7 Å². The van der Waals surface area contributed by atoms with E-state index >= 15 is 0 Å². The Kier molecular flexibility index (Phi) is 6.16. The molecule has 1 N–H and O–H groups in total. The molecule has 2 heterocycles. The van der Waals surface area contributed by atoms with Gasteiger partial charge in [0.05, 0.1) is 19.8 Å². The molecular formula is C21H27N3O3. The lowest BCUT2D eigenvalue weighted by Gasteiger charge is -2.31. The fourth-order valence-corrected chi connectivity index (χ4v) is 3.38. The van der Waals surface area contributed by atoms with E-state index in [1.807, 2.05) is 30.3 Å². The largest absolute Gasteiger partial charge is 0.493 e. The van der Waals surface area contributed by atoms with E-state index in [0.29, 0.717) is 29.5 Å². The van der Waals surface area contributed by atoms with Crippen LogP contribution in [0.1, 0.15) is 35.7 Å². The standard InChI is InChI=1S/C21H27N3O3/c1-15-5-4-10-24(14-15)20-9-7-17(13-22-20)21(25)23-12-16-6-8-18(26-2)19(11-16)27-3/h6-9,11,13,15H,4-5,10,12,14H2,1-3H3,(H,23,25). The highest BCUT2D eigenvalue weighted by Gasteiger charge is 2.18. The Labute approximate surface area is 160 Å². The fourth-order valence-electron chi connectivity index (χ4n) is 3.38. The molecule has 1 aromatic carbocycles. The van der Waals surface area contributed by atoms with Gasteiger partial charge in [0.2, 0.25) is 0 Å². The quantitative estimate of drug-likeness (QED) is 0.847. The van der Waals surface area contributed by atoms with Crippen molar-refractivity contribution in [1.29, 1.82) is 0 Å². The molecular weight excluding hydrogens is 342 g/mol. The van der Waals surface area contributed by atoms with Crippen molar-refractivity contribution in [2.45, 2.75) is 26.3 Å². The Balaban J connectivity index is 1.59. The second-order valence-corrected chi connectivity index (χ2v) is 6.97. The second-order valence-electron chi connectivity index (χ2n) is 6.97. The van der Waals surface area contributed by atoms with Gasteiger partial charge in [-0.1, -0.05) is 13.0 Å². The third kappa shape index (κ3) is 4.70. The highest BCUT2D eigenvalue weighted by atomic mass is 16.5. The number of ether oxygens (including phenoxy) is 2. The van der Waals surface area contributed by atoms with Crippen LogP contribution in [0.2, 0.25) is 0 Å². The summed E-state index contributed by atoms with van der Waals surface area (Å²) in [4.78, 5) is 19.2. The minimum atomic E-state index is -0.143. The van der Waals surface area contributed by atoms with Crippen molar-refractivity contribution in [3.63, 3.8) is 0 Å². The first-order chi connectivity index (χ1) is 13.1. The molecule has 144 valence electrons. The van der Waals surface area contributed by atoms with Gasteiger partial charge >= 0.3 is 0 Å². The first-order valence-electron chi connectivity index (χ1n) is 9.31. The minimum absolute atomic E-state index is 0.143. The van der Waals surface area contributed by atoms with Crippen molar-refractivity contribution in [1.82, 2.24) is 10.3 Å². The molecule has 1 atom stereocenters. The number of amides is 1. The van der Waals surface area contributed by atoms with Crippen molar-refractivity contribution in [3.05, 3.63) is 47.7 Å². The highest BCUT2D eigenvalue weighted by Crippen LogP contribution is 2.27. The van der Waals surface area contributed by atoms with Gasteiger partial charge in [0.15, 0.2) is 11.5 Å². The molecule has 0 saturated carbocycles. The summed E-state index contributed by atoms with van der Waals surface area (Å²) in [5, 5.41) is 2.92. The van der Waals surface area contributed by atoms with Crippen molar-refractivity contribution in [2.24, 2.45) is 5.92 Å². The Morgan fingerprint density at radius 3 is 2.70 bits per heavy atom. The third-order valence-electron chi connectivity index (χ3n) is 4.89. The zero-order valence-corrected chi connectivity index (χ0v) is 16.2. The van der Waals surface area contributed by atoms with Gasteiger partial charge in [-0.15, -0.1) is 0 Å². The van der Waals surface area contributed by atoms with Gasteiger partial charge in [-0.3, -0.25) is 4.79 Å². The normalized spacial score (nSPS) is 16.7. The van der Waals surface area contributed by atoms with Crippen LogP contribution < -0.4 is 19.7 Å². The van der Waals surface area contributed by atoms with E-state index in [0.717, 1.165) is 24.5 Å². The number of carbonyl (C=O) groups excluding carboxylic acids is 1. The summed E-state index contributed by atoms with van der Waals surface area (Å²) in [5.41, 5.74) is 1.50. The van der Waals surface area contributed by atoms with E-state index in [1.165, 1.54) is 12.8 Å². The van der Waals surface area contributed by atoms with Crippen molar-refractivity contribution < 1.29 is 14.3 Å². The lowest BCUT2D eigenvalue weighted by Crippen LogP contribution is -2.34. The number of pyridine rings is 1. The Morgan fingerprint density at radius 2 is 2.04 bits per heavy atom. The Morgan fingerprint density at radius 1 is 1.22 bits per heavy atom. The molecule has 2 aromatic rings. The Bertz CT molecular complexity index is 777. The zero-order chi connectivity index (χ0) is 19.2. The van der Waals surface area contributed by atoms with E-state index in [4.69, 9.17) is 9.47 Å². The summed E-state index contributed by atoms with van der Waals surface area (Å²) in [6.45, 7) is 4.73. The summed E-state index contributed by atoms with van der Waals surface area (Å²) in [5.74, 6) is 2.80. The predicted molar refractivity (Wildman–Crippen MR) is 106 cm³/mol. The number of benzene rings is 1.